The van der Waals surface area contributed by atoms with Crippen LogP contribution in [-0.2, 0) is 9.59 Å². The van der Waals surface area contributed by atoms with E-state index in [4.69, 9.17) is 16.3 Å². The number of ether oxygens (including phenoxy) is 1. The summed E-state index contributed by atoms with van der Waals surface area (Å²) in [5, 5.41) is 11.3. The summed E-state index contributed by atoms with van der Waals surface area (Å²) >= 11 is 6.27. The molecule has 6 nitrogen and oxygen atoms in total. The van der Waals surface area contributed by atoms with Gasteiger partial charge < -0.3 is 19.6 Å². The van der Waals surface area contributed by atoms with E-state index in [2.05, 4.69) is 4.90 Å². The zero-order chi connectivity index (χ0) is 23.4. The van der Waals surface area contributed by atoms with E-state index in [1.807, 2.05) is 13.8 Å². The van der Waals surface area contributed by atoms with Gasteiger partial charge in [-0.1, -0.05) is 43.6 Å². The molecule has 0 aliphatic carbocycles. The predicted molar refractivity (Wildman–Crippen MR) is 121 cm³/mol. The Bertz CT molecular complexity index is 1050. The van der Waals surface area contributed by atoms with Gasteiger partial charge in [0.05, 0.1) is 23.7 Å². The van der Waals surface area contributed by atoms with Gasteiger partial charge in [-0.05, 0) is 37.4 Å². The van der Waals surface area contributed by atoms with Gasteiger partial charge in [0.2, 0.25) is 0 Å². The van der Waals surface area contributed by atoms with E-state index in [-0.39, 0.29) is 28.3 Å². The van der Waals surface area contributed by atoms with Crippen molar-refractivity contribution in [2.75, 3.05) is 33.3 Å². The third-order valence-corrected chi connectivity index (χ3v) is 6.05. The minimum atomic E-state index is -1.07. The molecule has 2 aromatic carbocycles. The monoisotopic (exact) mass is 460 g/mol. The number of aliphatic hydroxyl groups is 1. The number of likely N-dealkylation sites (tertiary alicyclic amines) is 1. The van der Waals surface area contributed by atoms with E-state index in [0.29, 0.717) is 12.3 Å². The van der Waals surface area contributed by atoms with Crippen molar-refractivity contribution >= 4 is 29.1 Å². The largest absolute Gasteiger partial charge is 0.507 e. The highest BCUT2D eigenvalue weighted by Crippen LogP contribution is 2.41. The predicted octanol–water partition coefficient (Wildman–Crippen LogP) is 4.25. The Morgan fingerprint density at radius 1 is 1.19 bits per heavy atom. The highest BCUT2D eigenvalue weighted by Gasteiger charge is 2.47. The van der Waals surface area contributed by atoms with Gasteiger partial charge in [0.25, 0.3) is 11.7 Å². The van der Waals surface area contributed by atoms with Gasteiger partial charge in [-0.25, -0.2) is 4.39 Å². The van der Waals surface area contributed by atoms with Crippen LogP contribution in [0.1, 0.15) is 31.0 Å². The van der Waals surface area contributed by atoms with E-state index in [0.717, 1.165) is 13.1 Å². The SMILES string of the molecule is CCN(CC)CCN1C(=O)C(=O)/C(=C(/O)c2cc(OC)ccc2Cl)C1c1ccccc1F. The molecule has 1 aliphatic heterocycles. The van der Waals surface area contributed by atoms with Gasteiger partial charge in [-0.3, -0.25) is 9.59 Å². The van der Waals surface area contributed by atoms with Gasteiger partial charge in [-0.15, -0.1) is 0 Å². The van der Waals surface area contributed by atoms with Crippen LogP contribution in [0.3, 0.4) is 0 Å². The van der Waals surface area contributed by atoms with E-state index in [9.17, 15) is 19.1 Å². The van der Waals surface area contributed by atoms with Crippen molar-refractivity contribution in [1.82, 2.24) is 9.80 Å². The minimum Gasteiger partial charge on any atom is -0.507 e. The molecule has 1 aliphatic rings. The molecule has 32 heavy (non-hydrogen) atoms. The molecule has 1 atom stereocenters. The van der Waals surface area contributed by atoms with Gasteiger partial charge >= 0.3 is 0 Å². The first-order valence-corrected chi connectivity index (χ1v) is 10.8. The maximum atomic E-state index is 14.8. The summed E-state index contributed by atoms with van der Waals surface area (Å²) in [5.74, 6) is -2.30. The topological polar surface area (TPSA) is 70.1 Å². The number of amides is 1. The number of hydrogen-bond donors (Lipinski definition) is 1. The molecule has 2 aromatic rings. The lowest BCUT2D eigenvalue weighted by Crippen LogP contribution is -2.38. The number of halogens is 2. The first-order valence-electron chi connectivity index (χ1n) is 10.4. The summed E-state index contributed by atoms with van der Waals surface area (Å²) in [6, 6.07) is 9.45. The number of methoxy groups -OCH3 is 1. The van der Waals surface area contributed by atoms with Crippen LogP contribution in [0.5, 0.6) is 5.75 Å². The average molecular weight is 461 g/mol. The Balaban J connectivity index is 2.17. The third-order valence-electron chi connectivity index (χ3n) is 5.72. The van der Waals surface area contributed by atoms with E-state index in [1.165, 1.54) is 42.3 Å². The molecule has 1 heterocycles. The number of nitrogens with zero attached hydrogens (tertiary/aromatic N) is 2. The highest BCUT2D eigenvalue weighted by molar-refractivity contribution is 6.47. The number of benzene rings is 2. The summed E-state index contributed by atoms with van der Waals surface area (Å²) in [6.07, 6.45) is 0. The van der Waals surface area contributed by atoms with Crippen molar-refractivity contribution in [1.29, 1.82) is 0 Å². The zero-order valence-corrected chi connectivity index (χ0v) is 19.0. The smallest absolute Gasteiger partial charge is 0.295 e. The number of carbonyl (C=O) groups is 2. The Morgan fingerprint density at radius 3 is 2.50 bits per heavy atom. The average Bonchev–Trinajstić information content (AvgIpc) is 3.04. The van der Waals surface area contributed by atoms with Crippen LogP contribution in [0.15, 0.2) is 48.0 Å². The van der Waals surface area contributed by atoms with Crippen LogP contribution in [0.4, 0.5) is 4.39 Å². The first-order chi connectivity index (χ1) is 15.3. The van der Waals surface area contributed by atoms with Crippen molar-refractivity contribution < 1.29 is 23.8 Å². The number of carbonyl (C=O) groups excluding carboxylic acids is 2. The maximum Gasteiger partial charge on any atom is 0.295 e. The quantitative estimate of drug-likeness (QED) is 0.362. The zero-order valence-electron chi connectivity index (χ0n) is 18.3. The Kier molecular flexibility index (Phi) is 7.53. The van der Waals surface area contributed by atoms with Gasteiger partial charge in [-0.2, -0.15) is 0 Å². The molecular weight excluding hydrogens is 435 g/mol. The van der Waals surface area contributed by atoms with Crippen molar-refractivity contribution in [2.45, 2.75) is 19.9 Å². The molecule has 8 heteroatoms. The fourth-order valence-corrected chi connectivity index (χ4v) is 4.08. The molecule has 0 aromatic heterocycles. The Morgan fingerprint density at radius 2 is 1.88 bits per heavy atom. The van der Waals surface area contributed by atoms with Crippen LogP contribution >= 0.6 is 11.6 Å². The Labute approximate surface area is 191 Å². The lowest BCUT2D eigenvalue weighted by molar-refractivity contribution is -0.140. The van der Waals surface area contributed by atoms with Crippen molar-refractivity contribution in [3.63, 3.8) is 0 Å². The molecular formula is C24H26ClFN2O4. The number of rotatable bonds is 8. The lowest BCUT2D eigenvalue weighted by atomic mass is 9.95. The van der Waals surface area contributed by atoms with Crippen LogP contribution < -0.4 is 4.74 Å². The van der Waals surface area contributed by atoms with E-state index < -0.39 is 29.3 Å². The third kappa shape index (κ3) is 4.49. The van der Waals surface area contributed by atoms with E-state index >= 15 is 0 Å². The summed E-state index contributed by atoms with van der Waals surface area (Å²) in [4.78, 5) is 29.4. The fraction of sp³-hybridized carbons (Fsp3) is 0.333. The highest BCUT2D eigenvalue weighted by atomic mass is 35.5. The number of likely N-dealkylation sites (N-methyl/N-ethyl adjacent to an activating group) is 1. The summed E-state index contributed by atoms with van der Waals surface area (Å²) in [7, 11) is 1.46. The number of ketones is 1. The van der Waals surface area contributed by atoms with Crippen molar-refractivity contribution in [3.05, 3.63) is 70.0 Å². The minimum absolute atomic E-state index is 0.131. The number of aliphatic hydroxyl groups excluding tert-OH is 1. The lowest BCUT2D eigenvalue weighted by Gasteiger charge is -2.28. The molecule has 0 bridgehead atoms. The van der Waals surface area contributed by atoms with Crippen LogP contribution in [0, 0.1) is 5.82 Å². The fourth-order valence-electron chi connectivity index (χ4n) is 3.88. The number of Topliss-reactive ketones (excluding diaryl/α,β-unsaturated/α-hetero) is 1. The maximum absolute atomic E-state index is 14.8. The molecule has 0 saturated carbocycles. The van der Waals surface area contributed by atoms with E-state index in [1.54, 1.807) is 12.1 Å². The molecule has 1 amide bonds. The standard InChI is InChI=1S/C24H26ClFN2O4/c1-4-27(5-2)12-13-28-21(16-8-6-7-9-19(16)26)20(23(30)24(28)31)22(29)17-14-15(32-3)10-11-18(17)25/h6-11,14,21,29H,4-5,12-13H2,1-3H3/b22-20+. The van der Waals surface area contributed by atoms with Crippen molar-refractivity contribution in [2.24, 2.45) is 0 Å². The van der Waals surface area contributed by atoms with Gasteiger partial charge in [0.1, 0.15) is 17.3 Å². The molecule has 170 valence electrons. The van der Waals surface area contributed by atoms with Crippen LogP contribution in [0.25, 0.3) is 5.76 Å². The second-order valence-electron chi connectivity index (χ2n) is 7.39. The van der Waals surface area contributed by atoms with Crippen LogP contribution in [-0.4, -0.2) is 59.9 Å². The van der Waals surface area contributed by atoms with Crippen molar-refractivity contribution in [3.8, 4) is 5.75 Å². The molecule has 0 radical (unpaired) electrons. The molecule has 0 spiro atoms. The molecule has 1 unspecified atom stereocenters. The summed E-state index contributed by atoms with van der Waals surface area (Å²) < 4.78 is 20.0. The first kappa shape index (κ1) is 23.8. The molecule has 1 saturated heterocycles. The summed E-state index contributed by atoms with van der Waals surface area (Å²) in [5.41, 5.74) is 0.0655. The van der Waals surface area contributed by atoms with Crippen LogP contribution in [0.2, 0.25) is 5.02 Å². The molecule has 1 fully saturated rings. The normalized spacial score (nSPS) is 17.9. The molecule has 3 rings (SSSR count). The number of hydrogen-bond acceptors (Lipinski definition) is 5. The van der Waals surface area contributed by atoms with Gasteiger partial charge in [0.15, 0.2) is 0 Å². The molecule has 1 N–H and O–H groups in total. The van der Waals surface area contributed by atoms with Gasteiger partial charge in [0, 0.05) is 24.2 Å². The Hall–Kier alpha value is -2.90. The second kappa shape index (κ2) is 10.1. The summed E-state index contributed by atoms with van der Waals surface area (Å²) in [6.45, 7) is 6.24. The second-order valence-corrected chi connectivity index (χ2v) is 7.79.